The van der Waals surface area contributed by atoms with Crippen molar-refractivity contribution in [2.75, 3.05) is 52.5 Å². The second kappa shape index (κ2) is 16.1. The highest BCUT2D eigenvalue weighted by Gasteiger charge is 2.48. The van der Waals surface area contributed by atoms with Gasteiger partial charge in [-0.05, 0) is 62.1 Å². The van der Waals surface area contributed by atoms with E-state index in [4.69, 9.17) is 42.7 Å². The quantitative estimate of drug-likeness (QED) is 0.261. The van der Waals surface area contributed by atoms with Gasteiger partial charge in [0.15, 0.2) is 0 Å². The zero-order valence-corrected chi connectivity index (χ0v) is 32.3. The van der Waals surface area contributed by atoms with Gasteiger partial charge in [0.2, 0.25) is 5.91 Å². The number of carbonyl (C=O) groups excluding carboxylic acids is 2. The molecule has 10 nitrogen and oxygen atoms in total. The van der Waals surface area contributed by atoms with E-state index in [-0.39, 0.29) is 29.4 Å². The number of aliphatic imine (C=N–C) groups is 1. The van der Waals surface area contributed by atoms with Crippen LogP contribution in [0, 0.1) is 0 Å². The van der Waals surface area contributed by atoms with Gasteiger partial charge in [-0.1, -0.05) is 68.2 Å². The van der Waals surface area contributed by atoms with Crippen molar-refractivity contribution in [3.63, 3.8) is 0 Å². The highest BCUT2D eigenvalue weighted by Crippen LogP contribution is 2.46. The topological polar surface area (TPSA) is 99.6 Å². The summed E-state index contributed by atoms with van der Waals surface area (Å²) in [6.07, 6.45) is 3.97. The molecule has 3 aromatic rings. The molecule has 278 valence electrons. The van der Waals surface area contributed by atoms with Crippen LogP contribution in [-0.2, 0) is 20.5 Å². The fourth-order valence-corrected chi connectivity index (χ4v) is 7.48. The van der Waals surface area contributed by atoms with Crippen LogP contribution in [0.5, 0.6) is 5.75 Å². The standard InChI is InChI=1S/C40H50Cl2N6O4/c1-6-52-34-23-35(39(2,3)4)43-25-32(34)37-45-33(27-7-11-29(41)12-8-27)24-40(5,28-9-13-30(42)14-10-28)48(37)38(50)47-19-17-46(18-20-47)26-36(49)44-31-15-21-51-22-16-31/h7-14,23,25,31,33H,6,15-22,24,26H2,1-5H3,(H,44,49)/t33-,40-/m0/s1. The monoisotopic (exact) mass is 748 g/mol. The number of piperazine rings is 1. The number of amides is 3. The van der Waals surface area contributed by atoms with Gasteiger partial charge in [-0.2, -0.15) is 0 Å². The molecular formula is C40H50Cl2N6O4. The van der Waals surface area contributed by atoms with Crippen molar-refractivity contribution >= 4 is 41.0 Å². The zero-order valence-electron chi connectivity index (χ0n) is 30.8. The molecule has 2 aromatic carbocycles. The first-order chi connectivity index (χ1) is 24.9. The number of aromatic nitrogens is 1. The predicted octanol–water partition coefficient (Wildman–Crippen LogP) is 7.23. The van der Waals surface area contributed by atoms with Crippen molar-refractivity contribution in [1.29, 1.82) is 0 Å². The number of hydrogen-bond acceptors (Lipinski definition) is 7. The van der Waals surface area contributed by atoms with Crippen LogP contribution >= 0.6 is 23.2 Å². The fourth-order valence-electron chi connectivity index (χ4n) is 7.22. The van der Waals surface area contributed by atoms with Crippen LogP contribution in [0.3, 0.4) is 0 Å². The number of halogens is 2. The normalized spacial score (nSPS) is 21.8. The highest BCUT2D eigenvalue weighted by atomic mass is 35.5. The molecule has 0 unspecified atom stereocenters. The lowest BCUT2D eigenvalue weighted by Gasteiger charge is -2.49. The number of hydrogen-bond donors (Lipinski definition) is 1. The average molecular weight is 750 g/mol. The van der Waals surface area contributed by atoms with Crippen molar-refractivity contribution < 1.29 is 19.1 Å². The van der Waals surface area contributed by atoms with E-state index >= 15 is 4.79 Å². The summed E-state index contributed by atoms with van der Waals surface area (Å²) in [6.45, 7) is 14.5. The predicted molar refractivity (Wildman–Crippen MR) is 205 cm³/mol. The van der Waals surface area contributed by atoms with Gasteiger partial charge in [-0.25, -0.2) is 4.79 Å². The average Bonchev–Trinajstić information content (AvgIpc) is 3.12. The van der Waals surface area contributed by atoms with Crippen molar-refractivity contribution in [3.8, 4) is 5.75 Å². The van der Waals surface area contributed by atoms with Crippen molar-refractivity contribution in [2.45, 2.75) is 76.9 Å². The van der Waals surface area contributed by atoms with Gasteiger partial charge < -0.3 is 19.7 Å². The summed E-state index contributed by atoms with van der Waals surface area (Å²) in [5, 5.41) is 4.41. The molecule has 6 rings (SSSR count). The molecule has 2 fully saturated rings. The Morgan fingerprint density at radius 1 is 0.981 bits per heavy atom. The Kier molecular flexibility index (Phi) is 11.8. The van der Waals surface area contributed by atoms with Gasteiger partial charge in [0.05, 0.1) is 30.3 Å². The van der Waals surface area contributed by atoms with E-state index in [0.29, 0.717) is 86.2 Å². The van der Waals surface area contributed by atoms with Gasteiger partial charge in [0.1, 0.15) is 11.6 Å². The van der Waals surface area contributed by atoms with E-state index in [9.17, 15) is 4.79 Å². The van der Waals surface area contributed by atoms with Crippen LogP contribution in [0.2, 0.25) is 10.0 Å². The summed E-state index contributed by atoms with van der Waals surface area (Å²) in [6, 6.07) is 17.1. The SMILES string of the molecule is CCOc1cc(C(C)(C)C)ncc1C1=N[C@H](c2ccc(Cl)cc2)C[C@@](C)(c2ccc(Cl)cc2)N1C(=O)N1CCN(CC(=O)NC2CCOCC2)CC1. The molecular weight excluding hydrogens is 699 g/mol. The number of amidine groups is 1. The van der Waals surface area contributed by atoms with E-state index < -0.39 is 5.54 Å². The van der Waals surface area contributed by atoms with E-state index in [0.717, 1.165) is 29.7 Å². The smallest absolute Gasteiger partial charge is 0.326 e. The molecule has 0 spiro atoms. The van der Waals surface area contributed by atoms with Crippen LogP contribution in [0.1, 0.15) is 82.3 Å². The Morgan fingerprint density at radius 2 is 1.62 bits per heavy atom. The number of carbonyl (C=O) groups is 2. The highest BCUT2D eigenvalue weighted by molar-refractivity contribution is 6.30. The molecule has 1 aromatic heterocycles. The van der Waals surface area contributed by atoms with Crippen LogP contribution in [-0.4, -0.2) is 96.0 Å². The van der Waals surface area contributed by atoms with E-state index in [1.807, 2.05) is 71.3 Å². The number of nitrogens with one attached hydrogen (secondary N) is 1. The number of nitrogens with zero attached hydrogens (tertiary/aromatic N) is 5. The Balaban J connectivity index is 1.38. The van der Waals surface area contributed by atoms with Crippen LogP contribution < -0.4 is 10.1 Å². The van der Waals surface area contributed by atoms with E-state index in [2.05, 4.69) is 37.9 Å². The largest absolute Gasteiger partial charge is 0.493 e. The molecule has 12 heteroatoms. The van der Waals surface area contributed by atoms with Crippen molar-refractivity contribution in [1.82, 2.24) is 25.0 Å². The van der Waals surface area contributed by atoms with Gasteiger partial charge in [0.25, 0.3) is 0 Å². The summed E-state index contributed by atoms with van der Waals surface area (Å²) in [4.78, 5) is 44.1. The molecule has 1 N–H and O–H groups in total. The van der Waals surface area contributed by atoms with E-state index in [1.54, 1.807) is 6.20 Å². The molecule has 2 atom stereocenters. The molecule has 0 saturated carbocycles. The maximum absolute atomic E-state index is 15.1. The molecule has 3 amide bonds. The summed E-state index contributed by atoms with van der Waals surface area (Å²) >= 11 is 12.7. The number of urea groups is 1. The van der Waals surface area contributed by atoms with Crippen molar-refractivity contribution in [2.24, 2.45) is 4.99 Å². The van der Waals surface area contributed by atoms with Gasteiger partial charge >= 0.3 is 6.03 Å². The van der Waals surface area contributed by atoms with Gasteiger partial charge in [0, 0.05) is 85.3 Å². The first kappa shape index (κ1) is 38.0. The third kappa shape index (κ3) is 8.57. The first-order valence-electron chi connectivity index (χ1n) is 18.3. The van der Waals surface area contributed by atoms with Crippen LogP contribution in [0.25, 0.3) is 0 Å². The molecule has 2 saturated heterocycles. The summed E-state index contributed by atoms with van der Waals surface area (Å²) in [5.41, 5.74) is 2.36. The van der Waals surface area contributed by atoms with Gasteiger partial charge in [-0.3, -0.25) is 24.6 Å². The first-order valence-corrected chi connectivity index (χ1v) is 19.0. The number of benzene rings is 2. The second-order valence-corrected chi connectivity index (χ2v) is 16.0. The minimum absolute atomic E-state index is 0.00957. The summed E-state index contributed by atoms with van der Waals surface area (Å²) in [7, 11) is 0. The molecule has 0 radical (unpaired) electrons. The molecule has 3 aliphatic rings. The number of pyridine rings is 1. The summed E-state index contributed by atoms with van der Waals surface area (Å²) < 4.78 is 11.7. The lowest BCUT2D eigenvalue weighted by Crippen LogP contribution is -2.61. The lowest BCUT2D eigenvalue weighted by molar-refractivity contribution is -0.123. The fraction of sp³-hybridized carbons (Fsp3) is 0.500. The molecule has 3 aliphatic heterocycles. The van der Waals surface area contributed by atoms with Crippen molar-refractivity contribution in [3.05, 3.63) is 93.2 Å². The third-order valence-electron chi connectivity index (χ3n) is 10.3. The maximum atomic E-state index is 15.1. The van der Waals surface area contributed by atoms with Crippen LogP contribution in [0.4, 0.5) is 4.79 Å². The third-order valence-corrected chi connectivity index (χ3v) is 10.8. The zero-order chi connectivity index (χ0) is 37.0. The Morgan fingerprint density at radius 3 is 2.23 bits per heavy atom. The minimum atomic E-state index is -0.851. The molecule has 4 heterocycles. The van der Waals surface area contributed by atoms with Gasteiger partial charge in [-0.15, -0.1) is 0 Å². The van der Waals surface area contributed by atoms with Crippen LogP contribution in [0.15, 0.2) is 65.8 Å². The number of rotatable bonds is 8. The minimum Gasteiger partial charge on any atom is -0.493 e. The lowest BCUT2D eigenvalue weighted by atomic mass is 9.80. The molecule has 0 aliphatic carbocycles. The molecule has 0 bridgehead atoms. The maximum Gasteiger partial charge on any atom is 0.326 e. The Labute approximate surface area is 317 Å². The Hall–Kier alpha value is -3.70. The Bertz CT molecular complexity index is 1750. The summed E-state index contributed by atoms with van der Waals surface area (Å²) in [5.74, 6) is 1.12. The van der Waals surface area contributed by atoms with E-state index in [1.165, 1.54) is 0 Å². The second-order valence-electron chi connectivity index (χ2n) is 15.1. The number of ether oxygens (including phenoxy) is 2. The molecule has 52 heavy (non-hydrogen) atoms.